The SMILES string of the molecule is N#Cc1cccn1-c1ccc(CO)cc1CN. The fraction of sp³-hybridized carbons (Fsp3) is 0.154. The second-order valence-corrected chi connectivity index (χ2v) is 3.70. The molecule has 17 heavy (non-hydrogen) atoms. The summed E-state index contributed by atoms with van der Waals surface area (Å²) >= 11 is 0. The molecule has 4 heteroatoms. The molecule has 3 N–H and O–H groups in total. The fourth-order valence-corrected chi connectivity index (χ4v) is 1.82. The molecule has 0 atom stereocenters. The monoisotopic (exact) mass is 227 g/mol. The molecule has 0 radical (unpaired) electrons. The van der Waals surface area contributed by atoms with Crippen LogP contribution in [0.3, 0.4) is 0 Å². The number of aromatic nitrogens is 1. The zero-order chi connectivity index (χ0) is 12.3. The van der Waals surface area contributed by atoms with E-state index in [4.69, 9.17) is 16.1 Å². The third-order valence-corrected chi connectivity index (χ3v) is 2.67. The number of benzene rings is 1. The second-order valence-electron chi connectivity index (χ2n) is 3.70. The van der Waals surface area contributed by atoms with Gasteiger partial charge in [0.25, 0.3) is 0 Å². The number of nitrogens with zero attached hydrogens (tertiary/aromatic N) is 2. The third-order valence-electron chi connectivity index (χ3n) is 2.67. The predicted molar refractivity (Wildman–Crippen MR) is 64.3 cm³/mol. The number of rotatable bonds is 3. The molecule has 0 bridgehead atoms. The van der Waals surface area contributed by atoms with E-state index in [9.17, 15) is 0 Å². The van der Waals surface area contributed by atoms with Gasteiger partial charge in [0, 0.05) is 12.7 Å². The molecule has 0 saturated heterocycles. The highest BCUT2D eigenvalue weighted by molar-refractivity contribution is 5.47. The standard InChI is InChI=1S/C13H13N3O/c14-7-11-6-10(9-17)3-4-13(11)16-5-1-2-12(16)8-15/h1-6,17H,7,9,14H2. The topological polar surface area (TPSA) is 75.0 Å². The van der Waals surface area contributed by atoms with Gasteiger partial charge in [-0.2, -0.15) is 5.26 Å². The quantitative estimate of drug-likeness (QED) is 0.829. The molecule has 0 spiro atoms. The van der Waals surface area contributed by atoms with Crippen LogP contribution in [0.5, 0.6) is 0 Å². The lowest BCUT2D eigenvalue weighted by molar-refractivity contribution is 0.281. The van der Waals surface area contributed by atoms with Gasteiger partial charge in [0.2, 0.25) is 0 Å². The molecule has 0 aliphatic carbocycles. The smallest absolute Gasteiger partial charge is 0.124 e. The number of hydrogen-bond acceptors (Lipinski definition) is 3. The van der Waals surface area contributed by atoms with Gasteiger partial charge >= 0.3 is 0 Å². The van der Waals surface area contributed by atoms with Gasteiger partial charge in [-0.25, -0.2) is 0 Å². The van der Waals surface area contributed by atoms with Crippen LogP contribution < -0.4 is 5.73 Å². The molecule has 2 rings (SSSR count). The Kier molecular flexibility index (Phi) is 3.24. The van der Waals surface area contributed by atoms with E-state index in [1.165, 1.54) is 0 Å². The highest BCUT2D eigenvalue weighted by Gasteiger charge is 2.07. The van der Waals surface area contributed by atoms with Crippen molar-refractivity contribution in [1.82, 2.24) is 4.57 Å². The number of aliphatic hydroxyl groups is 1. The first-order chi connectivity index (χ1) is 8.30. The van der Waals surface area contributed by atoms with Crippen LogP contribution in [0.1, 0.15) is 16.8 Å². The first-order valence-electron chi connectivity index (χ1n) is 5.30. The average molecular weight is 227 g/mol. The highest BCUT2D eigenvalue weighted by Crippen LogP contribution is 2.19. The number of hydrogen-bond donors (Lipinski definition) is 2. The van der Waals surface area contributed by atoms with Crippen molar-refractivity contribution in [2.45, 2.75) is 13.2 Å². The van der Waals surface area contributed by atoms with Gasteiger partial charge in [-0.15, -0.1) is 0 Å². The molecule has 1 aromatic carbocycles. The third kappa shape index (κ3) is 2.07. The van der Waals surface area contributed by atoms with Gasteiger partial charge in [0.1, 0.15) is 11.8 Å². The largest absolute Gasteiger partial charge is 0.392 e. The van der Waals surface area contributed by atoms with Crippen LogP contribution in [-0.4, -0.2) is 9.67 Å². The maximum absolute atomic E-state index is 9.08. The van der Waals surface area contributed by atoms with E-state index in [1.807, 2.05) is 30.5 Å². The molecule has 0 saturated carbocycles. The van der Waals surface area contributed by atoms with Crippen LogP contribution in [0.2, 0.25) is 0 Å². The van der Waals surface area contributed by atoms with E-state index in [0.29, 0.717) is 12.2 Å². The van der Waals surface area contributed by atoms with Crippen molar-refractivity contribution in [1.29, 1.82) is 5.26 Å². The zero-order valence-corrected chi connectivity index (χ0v) is 9.30. The van der Waals surface area contributed by atoms with Gasteiger partial charge in [0.05, 0.1) is 12.3 Å². The van der Waals surface area contributed by atoms with Gasteiger partial charge < -0.3 is 15.4 Å². The zero-order valence-electron chi connectivity index (χ0n) is 9.30. The molecule has 0 fully saturated rings. The summed E-state index contributed by atoms with van der Waals surface area (Å²) in [5.41, 5.74) is 8.87. The van der Waals surface area contributed by atoms with Gasteiger partial charge in [-0.3, -0.25) is 0 Å². The van der Waals surface area contributed by atoms with Crippen molar-refractivity contribution in [2.75, 3.05) is 0 Å². The Balaban J connectivity index is 2.56. The minimum atomic E-state index is -0.00986. The molecule has 1 aromatic heterocycles. The van der Waals surface area contributed by atoms with Crippen LogP contribution in [0, 0.1) is 11.3 Å². The Labute approximate surface area is 99.5 Å². The molecule has 86 valence electrons. The Bertz CT molecular complexity index is 566. The first-order valence-corrected chi connectivity index (χ1v) is 5.30. The van der Waals surface area contributed by atoms with Crippen molar-refractivity contribution >= 4 is 0 Å². The molecule has 0 unspecified atom stereocenters. The normalized spacial score (nSPS) is 10.2. The summed E-state index contributed by atoms with van der Waals surface area (Å²) in [6.45, 7) is 0.357. The van der Waals surface area contributed by atoms with Crippen molar-refractivity contribution in [3.63, 3.8) is 0 Å². The lowest BCUT2D eigenvalue weighted by atomic mass is 10.1. The van der Waals surface area contributed by atoms with Gasteiger partial charge in [-0.05, 0) is 29.3 Å². The second kappa shape index (κ2) is 4.83. The fourth-order valence-electron chi connectivity index (χ4n) is 1.82. The van der Waals surface area contributed by atoms with E-state index in [2.05, 4.69) is 6.07 Å². The summed E-state index contributed by atoms with van der Waals surface area (Å²) in [5, 5.41) is 18.1. The Hall–Kier alpha value is -2.09. The minimum absolute atomic E-state index is 0.00986. The van der Waals surface area contributed by atoms with Crippen LogP contribution in [-0.2, 0) is 13.2 Å². The Morgan fingerprint density at radius 2 is 2.18 bits per heavy atom. The van der Waals surface area contributed by atoms with E-state index < -0.39 is 0 Å². The molecule has 1 heterocycles. The highest BCUT2D eigenvalue weighted by atomic mass is 16.3. The van der Waals surface area contributed by atoms with Crippen LogP contribution >= 0.6 is 0 Å². The number of nitriles is 1. The summed E-state index contributed by atoms with van der Waals surface area (Å²) in [6, 6.07) is 11.3. The molecular weight excluding hydrogens is 214 g/mol. The summed E-state index contributed by atoms with van der Waals surface area (Å²) in [6.07, 6.45) is 1.83. The Morgan fingerprint density at radius 1 is 1.35 bits per heavy atom. The molecular formula is C13H13N3O. The molecule has 2 aromatic rings. The summed E-state index contributed by atoms with van der Waals surface area (Å²) in [5.74, 6) is 0. The number of nitrogens with two attached hydrogens (primary N) is 1. The Morgan fingerprint density at radius 3 is 2.82 bits per heavy atom. The van der Waals surface area contributed by atoms with Gasteiger partial charge in [-0.1, -0.05) is 12.1 Å². The maximum Gasteiger partial charge on any atom is 0.124 e. The molecule has 0 aliphatic rings. The van der Waals surface area contributed by atoms with Crippen LogP contribution in [0.4, 0.5) is 0 Å². The van der Waals surface area contributed by atoms with Crippen LogP contribution in [0.15, 0.2) is 36.5 Å². The van der Waals surface area contributed by atoms with Crippen molar-refractivity contribution < 1.29 is 5.11 Å². The van der Waals surface area contributed by atoms with E-state index in [0.717, 1.165) is 16.8 Å². The summed E-state index contributed by atoms with van der Waals surface area (Å²) < 4.78 is 1.79. The molecule has 0 aliphatic heterocycles. The van der Waals surface area contributed by atoms with E-state index >= 15 is 0 Å². The van der Waals surface area contributed by atoms with Crippen molar-refractivity contribution in [2.24, 2.45) is 5.73 Å². The predicted octanol–water partition coefficient (Wildman–Crippen LogP) is 1.30. The maximum atomic E-state index is 9.08. The molecule has 4 nitrogen and oxygen atoms in total. The number of aliphatic hydroxyl groups excluding tert-OH is 1. The minimum Gasteiger partial charge on any atom is -0.392 e. The lowest BCUT2D eigenvalue weighted by Crippen LogP contribution is -2.06. The van der Waals surface area contributed by atoms with Crippen molar-refractivity contribution in [3.8, 4) is 11.8 Å². The molecule has 0 amide bonds. The van der Waals surface area contributed by atoms with Gasteiger partial charge in [0.15, 0.2) is 0 Å². The average Bonchev–Trinajstić information content (AvgIpc) is 2.85. The summed E-state index contributed by atoms with van der Waals surface area (Å²) in [7, 11) is 0. The van der Waals surface area contributed by atoms with E-state index in [1.54, 1.807) is 10.6 Å². The summed E-state index contributed by atoms with van der Waals surface area (Å²) in [4.78, 5) is 0. The van der Waals surface area contributed by atoms with Crippen LogP contribution in [0.25, 0.3) is 5.69 Å². The lowest BCUT2D eigenvalue weighted by Gasteiger charge is -2.11. The first kappa shape index (κ1) is 11.4. The van der Waals surface area contributed by atoms with Crippen molar-refractivity contribution in [3.05, 3.63) is 53.3 Å². The van der Waals surface area contributed by atoms with E-state index in [-0.39, 0.29) is 6.61 Å².